The molecule has 0 spiro atoms. The van der Waals surface area contributed by atoms with Crippen LogP contribution in [-0.4, -0.2) is 14.5 Å². The van der Waals surface area contributed by atoms with Crippen LogP contribution >= 0.6 is 11.3 Å². The Morgan fingerprint density at radius 2 is 2.43 bits per heavy atom. The number of aliphatic hydroxyl groups excluding tert-OH is 1. The molecule has 1 aliphatic carbocycles. The third-order valence-electron chi connectivity index (χ3n) is 3.06. The largest absolute Gasteiger partial charge is 0.390 e. The van der Waals surface area contributed by atoms with Crippen molar-refractivity contribution in [1.82, 2.24) is 9.38 Å². The molecular weight excluding hydrogens is 196 g/mol. The molecule has 14 heavy (non-hydrogen) atoms. The van der Waals surface area contributed by atoms with E-state index in [1.807, 2.05) is 10.6 Å². The van der Waals surface area contributed by atoms with Gasteiger partial charge in [-0.3, -0.25) is 4.40 Å². The molecule has 0 bridgehead atoms. The van der Waals surface area contributed by atoms with Gasteiger partial charge in [0, 0.05) is 10.3 Å². The molecule has 4 heteroatoms. The number of hydrogen-bond donors (Lipinski definition) is 1. The van der Waals surface area contributed by atoms with Crippen LogP contribution in [0.3, 0.4) is 0 Å². The number of imidazole rings is 1. The number of aromatic nitrogens is 2. The van der Waals surface area contributed by atoms with Crippen LogP contribution < -0.4 is 0 Å². The molecule has 74 valence electrons. The Morgan fingerprint density at radius 1 is 1.64 bits per heavy atom. The number of rotatable bonds is 2. The first-order valence-electron chi connectivity index (χ1n) is 4.80. The van der Waals surface area contributed by atoms with Gasteiger partial charge < -0.3 is 5.11 Å². The molecule has 1 N–H and O–H groups in total. The smallest absolute Gasteiger partial charge is 0.120 e. The third kappa shape index (κ3) is 0.980. The van der Waals surface area contributed by atoms with Crippen LogP contribution in [0.15, 0.2) is 12.5 Å². The lowest BCUT2D eigenvalue weighted by Crippen LogP contribution is -2.03. The van der Waals surface area contributed by atoms with E-state index in [0.717, 1.165) is 10.5 Å². The van der Waals surface area contributed by atoms with Crippen molar-refractivity contribution in [2.24, 2.45) is 0 Å². The summed E-state index contributed by atoms with van der Waals surface area (Å²) < 4.78 is 2.00. The second kappa shape index (κ2) is 2.58. The van der Waals surface area contributed by atoms with E-state index in [4.69, 9.17) is 0 Å². The summed E-state index contributed by atoms with van der Waals surface area (Å²) in [6.07, 6.45) is 6.14. The summed E-state index contributed by atoms with van der Waals surface area (Å²) >= 11 is 1.77. The number of thiazole rings is 1. The van der Waals surface area contributed by atoms with Gasteiger partial charge in [-0.05, 0) is 12.8 Å². The monoisotopic (exact) mass is 208 g/mol. The molecule has 2 aromatic heterocycles. The fourth-order valence-electron chi connectivity index (χ4n) is 1.87. The topological polar surface area (TPSA) is 37.5 Å². The normalized spacial score (nSPS) is 19.0. The molecule has 0 aliphatic heterocycles. The highest BCUT2D eigenvalue weighted by molar-refractivity contribution is 7.17. The van der Waals surface area contributed by atoms with Crippen molar-refractivity contribution >= 4 is 16.2 Å². The molecule has 1 aliphatic rings. The molecule has 3 nitrogen and oxygen atoms in total. The van der Waals surface area contributed by atoms with Crippen molar-refractivity contribution in [3.05, 3.63) is 23.1 Å². The maximum absolute atomic E-state index is 9.37. The van der Waals surface area contributed by atoms with E-state index in [2.05, 4.69) is 11.9 Å². The Balaban J connectivity index is 2.27. The second-order valence-corrected chi connectivity index (χ2v) is 5.23. The lowest BCUT2D eigenvalue weighted by atomic mass is 10.1. The molecule has 0 aromatic carbocycles. The Labute approximate surface area is 86.0 Å². The van der Waals surface area contributed by atoms with Crippen molar-refractivity contribution in [3.63, 3.8) is 0 Å². The van der Waals surface area contributed by atoms with Gasteiger partial charge in [-0.1, -0.05) is 6.92 Å². The summed E-state index contributed by atoms with van der Waals surface area (Å²) in [6.45, 7) is 2.38. The van der Waals surface area contributed by atoms with Gasteiger partial charge in [-0.2, -0.15) is 0 Å². The van der Waals surface area contributed by atoms with E-state index in [-0.39, 0.29) is 6.61 Å². The van der Waals surface area contributed by atoms with E-state index in [0.29, 0.717) is 5.41 Å². The van der Waals surface area contributed by atoms with Crippen LogP contribution in [0.25, 0.3) is 4.83 Å². The predicted molar refractivity (Wildman–Crippen MR) is 55.6 cm³/mol. The van der Waals surface area contributed by atoms with Gasteiger partial charge in [0.1, 0.15) is 11.2 Å². The van der Waals surface area contributed by atoms with Gasteiger partial charge in [0.05, 0.1) is 18.5 Å². The summed E-state index contributed by atoms with van der Waals surface area (Å²) in [6, 6.07) is 0. The fraction of sp³-hybridized carbons (Fsp3) is 0.500. The minimum absolute atomic E-state index is 0.112. The molecule has 3 rings (SSSR count). The molecule has 1 fully saturated rings. The summed E-state index contributed by atoms with van der Waals surface area (Å²) in [5, 5.41) is 9.37. The fourth-order valence-corrected chi connectivity index (χ4v) is 3.18. The molecule has 2 heterocycles. The summed E-state index contributed by atoms with van der Waals surface area (Å²) in [4.78, 5) is 6.56. The number of fused-ring (bicyclic) bond motifs is 1. The molecule has 0 saturated heterocycles. The van der Waals surface area contributed by atoms with Crippen LogP contribution in [-0.2, 0) is 12.0 Å². The molecule has 2 aromatic rings. The molecule has 1 saturated carbocycles. The van der Waals surface area contributed by atoms with Gasteiger partial charge in [0.15, 0.2) is 0 Å². The van der Waals surface area contributed by atoms with Gasteiger partial charge in [0.25, 0.3) is 0 Å². The standard InChI is InChI=1S/C10H12N2OS/c1-10(2-3-10)9-7(5-13)12-6-11-4-8(12)14-9/h4,6,13H,2-3,5H2,1H3. The zero-order valence-corrected chi connectivity index (χ0v) is 8.84. The summed E-state index contributed by atoms with van der Waals surface area (Å²) in [5.74, 6) is 0. The maximum atomic E-state index is 9.37. The van der Waals surface area contributed by atoms with Crippen molar-refractivity contribution < 1.29 is 5.11 Å². The Kier molecular flexibility index (Phi) is 1.56. The van der Waals surface area contributed by atoms with Gasteiger partial charge >= 0.3 is 0 Å². The van der Waals surface area contributed by atoms with E-state index in [1.54, 1.807) is 17.7 Å². The minimum atomic E-state index is 0.112. The van der Waals surface area contributed by atoms with Crippen LogP contribution in [0.2, 0.25) is 0 Å². The first-order chi connectivity index (χ1) is 6.74. The number of nitrogens with zero attached hydrogens (tertiary/aromatic N) is 2. The predicted octanol–water partition coefficient (Wildman–Crippen LogP) is 1.94. The quantitative estimate of drug-likeness (QED) is 0.819. The van der Waals surface area contributed by atoms with Gasteiger partial charge in [0.2, 0.25) is 0 Å². The SMILES string of the molecule is CC1(c2sc3cncn3c2CO)CC1. The Hall–Kier alpha value is -0.870. The lowest BCUT2D eigenvalue weighted by Gasteiger charge is -2.07. The highest BCUT2D eigenvalue weighted by Gasteiger charge is 2.42. The number of aliphatic hydroxyl groups is 1. The van der Waals surface area contributed by atoms with Crippen LogP contribution in [0.4, 0.5) is 0 Å². The van der Waals surface area contributed by atoms with Crippen LogP contribution in [0.5, 0.6) is 0 Å². The van der Waals surface area contributed by atoms with Crippen molar-refractivity contribution in [1.29, 1.82) is 0 Å². The lowest BCUT2D eigenvalue weighted by molar-refractivity contribution is 0.274. The highest BCUT2D eigenvalue weighted by Crippen LogP contribution is 2.51. The first-order valence-corrected chi connectivity index (χ1v) is 5.61. The molecular formula is C10H12N2OS. The van der Waals surface area contributed by atoms with Crippen LogP contribution in [0.1, 0.15) is 30.3 Å². The third-order valence-corrected chi connectivity index (χ3v) is 4.51. The highest BCUT2D eigenvalue weighted by atomic mass is 32.1. The van der Waals surface area contributed by atoms with E-state index in [1.165, 1.54) is 17.7 Å². The zero-order chi connectivity index (χ0) is 9.76. The van der Waals surface area contributed by atoms with Crippen molar-refractivity contribution in [2.75, 3.05) is 0 Å². The zero-order valence-electron chi connectivity index (χ0n) is 8.03. The van der Waals surface area contributed by atoms with Crippen molar-refractivity contribution in [3.8, 4) is 0 Å². The van der Waals surface area contributed by atoms with Gasteiger partial charge in [-0.15, -0.1) is 11.3 Å². The summed E-state index contributed by atoms with van der Waals surface area (Å²) in [5.41, 5.74) is 1.37. The molecule has 0 unspecified atom stereocenters. The molecule has 0 radical (unpaired) electrons. The van der Waals surface area contributed by atoms with Gasteiger partial charge in [-0.25, -0.2) is 4.98 Å². The number of hydrogen-bond acceptors (Lipinski definition) is 3. The molecule has 0 amide bonds. The Bertz CT molecular complexity index is 481. The van der Waals surface area contributed by atoms with Crippen LogP contribution in [0, 0.1) is 0 Å². The van der Waals surface area contributed by atoms with Crippen molar-refractivity contribution in [2.45, 2.75) is 31.8 Å². The van der Waals surface area contributed by atoms with E-state index in [9.17, 15) is 5.11 Å². The average Bonchev–Trinajstić information content (AvgIpc) is 2.65. The average molecular weight is 208 g/mol. The maximum Gasteiger partial charge on any atom is 0.120 e. The summed E-state index contributed by atoms with van der Waals surface area (Å²) in [7, 11) is 0. The molecule has 0 atom stereocenters. The van der Waals surface area contributed by atoms with E-state index >= 15 is 0 Å². The van der Waals surface area contributed by atoms with E-state index < -0.39 is 0 Å². The minimum Gasteiger partial charge on any atom is -0.390 e. The Morgan fingerprint density at radius 3 is 3.07 bits per heavy atom. The second-order valence-electron chi connectivity index (χ2n) is 4.20. The first kappa shape index (κ1) is 8.44.